The van der Waals surface area contributed by atoms with Gasteiger partial charge in [0.2, 0.25) is 5.88 Å². The summed E-state index contributed by atoms with van der Waals surface area (Å²) in [6.07, 6.45) is 5.53. The number of ether oxygens (including phenoxy) is 2. The highest BCUT2D eigenvalue weighted by atomic mass is 35.5. The molecule has 2 aromatic carbocycles. The molecule has 4 aromatic rings. The zero-order valence-electron chi connectivity index (χ0n) is 27.9. The average Bonchev–Trinajstić information content (AvgIpc) is 3.68. The van der Waals surface area contributed by atoms with E-state index in [1.54, 1.807) is 48.5 Å². The van der Waals surface area contributed by atoms with Crippen LogP contribution in [0.5, 0.6) is 5.88 Å². The van der Waals surface area contributed by atoms with Crippen molar-refractivity contribution in [2.75, 3.05) is 13.7 Å². The number of carbonyl (C=O) groups is 2. The maximum Gasteiger partial charge on any atom is 0.407 e. The molecule has 50 heavy (non-hydrogen) atoms. The second-order valence-electron chi connectivity index (χ2n) is 13.6. The van der Waals surface area contributed by atoms with Crippen LogP contribution in [0.25, 0.3) is 22.5 Å². The van der Waals surface area contributed by atoms with Gasteiger partial charge in [0, 0.05) is 35.6 Å². The number of methoxy groups -OCH3 is 1. The van der Waals surface area contributed by atoms with Gasteiger partial charge in [-0.15, -0.1) is 0 Å². The monoisotopic (exact) mass is 706 g/mol. The Morgan fingerprint density at radius 2 is 1.90 bits per heavy atom. The molecule has 3 N–H and O–H groups in total. The standard InChI is InChI=1S/C35H37ClF2N8O4/c1-34(2,3)19-35(23-8-5-20(6-9-23)22-16-41-45(17-22)31(37)38)30(47)46(32(39)44-35)27(18-50-33(48)42-24-10-11-24)21-7-12-26(36)25(15-21)29-40-14-13-28(43-29)49-4/h5-9,12-17,24,27,31H,10-11,18-19H2,1-4H3,(H2,39,44)(H,42,48)/t27?,35-/m1/s1. The third kappa shape index (κ3) is 7.25. The van der Waals surface area contributed by atoms with Gasteiger partial charge in [0.25, 0.3) is 5.91 Å². The van der Waals surface area contributed by atoms with E-state index >= 15 is 0 Å². The van der Waals surface area contributed by atoms with E-state index < -0.39 is 35.5 Å². The molecule has 12 nitrogen and oxygen atoms in total. The summed E-state index contributed by atoms with van der Waals surface area (Å²) in [6, 6.07) is 12.7. The first-order chi connectivity index (χ1) is 23.8. The van der Waals surface area contributed by atoms with Crippen LogP contribution in [0, 0.1) is 10.8 Å². The third-order valence-corrected chi connectivity index (χ3v) is 8.83. The molecule has 6 rings (SSSR count). The van der Waals surface area contributed by atoms with Gasteiger partial charge < -0.3 is 20.1 Å². The lowest BCUT2D eigenvalue weighted by atomic mass is 9.75. The summed E-state index contributed by atoms with van der Waals surface area (Å²) in [5.41, 5.74) is 0.875. The molecule has 1 saturated heterocycles. The van der Waals surface area contributed by atoms with Crippen molar-refractivity contribution in [3.63, 3.8) is 0 Å². The number of benzene rings is 2. The molecule has 1 unspecified atom stereocenters. The van der Waals surface area contributed by atoms with Crippen LogP contribution < -0.4 is 15.4 Å². The maximum absolute atomic E-state index is 14.9. The number of alkyl halides is 2. The SMILES string of the molecule is COc1ccnc(-c2cc(C(COC(=O)NC3CC3)N3C(=N)N[C@](CC(C)(C)C)(c4ccc(-c5cnn(C(F)F)c5)cc4)C3=O)ccc2Cl)n1. The van der Waals surface area contributed by atoms with E-state index in [0.29, 0.717) is 49.8 Å². The van der Waals surface area contributed by atoms with E-state index in [1.807, 2.05) is 20.8 Å². The number of carbonyl (C=O) groups excluding carboxylic acids is 2. The predicted molar refractivity (Wildman–Crippen MR) is 182 cm³/mol. The molecule has 3 heterocycles. The topological polar surface area (TPSA) is 147 Å². The van der Waals surface area contributed by atoms with Gasteiger partial charge in [-0.1, -0.05) is 62.7 Å². The first-order valence-corrected chi connectivity index (χ1v) is 16.4. The number of halogens is 3. The highest BCUT2D eigenvalue weighted by molar-refractivity contribution is 6.33. The first kappa shape index (κ1) is 34.7. The molecule has 15 heteroatoms. The van der Waals surface area contributed by atoms with Crippen molar-refractivity contribution in [3.05, 3.63) is 83.3 Å². The number of rotatable bonds is 11. The van der Waals surface area contributed by atoms with Gasteiger partial charge in [0.15, 0.2) is 11.8 Å². The fourth-order valence-electron chi connectivity index (χ4n) is 6.09. The summed E-state index contributed by atoms with van der Waals surface area (Å²) in [5.74, 6) is -0.00733. The lowest BCUT2D eigenvalue weighted by Gasteiger charge is -2.35. The normalized spacial score (nSPS) is 18.3. The molecular formula is C35H37ClF2N8O4. The number of nitrogens with one attached hydrogen (secondary N) is 3. The molecule has 1 aliphatic heterocycles. The average molecular weight is 707 g/mol. The molecule has 2 aromatic heterocycles. The van der Waals surface area contributed by atoms with E-state index in [4.69, 9.17) is 26.5 Å². The van der Waals surface area contributed by atoms with Crippen molar-refractivity contribution >= 4 is 29.6 Å². The molecule has 0 spiro atoms. The van der Waals surface area contributed by atoms with E-state index in [2.05, 4.69) is 25.7 Å². The van der Waals surface area contributed by atoms with Crippen LogP contribution in [0.1, 0.15) is 63.8 Å². The Bertz CT molecular complexity index is 1910. The number of alkyl carbamates (subject to hydrolysis) is 1. The molecule has 2 amide bonds. The number of hydrogen-bond donors (Lipinski definition) is 3. The second-order valence-corrected chi connectivity index (χ2v) is 14.0. The Hall–Kier alpha value is -5.11. The highest BCUT2D eigenvalue weighted by Gasteiger charge is 2.54. The Morgan fingerprint density at radius 3 is 2.54 bits per heavy atom. The molecule has 2 fully saturated rings. The molecule has 2 aliphatic rings. The minimum atomic E-state index is -2.77. The Balaban J connectivity index is 1.39. The molecule has 262 valence electrons. The fourth-order valence-corrected chi connectivity index (χ4v) is 6.29. The number of nitrogens with zero attached hydrogens (tertiary/aromatic N) is 5. The van der Waals surface area contributed by atoms with Crippen LogP contribution in [0.15, 0.2) is 67.1 Å². The van der Waals surface area contributed by atoms with Crippen LogP contribution >= 0.6 is 11.6 Å². The van der Waals surface area contributed by atoms with E-state index in [0.717, 1.165) is 12.8 Å². The zero-order chi connectivity index (χ0) is 35.8. The maximum atomic E-state index is 14.9. The molecule has 2 atom stereocenters. The molecule has 0 radical (unpaired) electrons. The Kier molecular flexibility index (Phi) is 9.49. The van der Waals surface area contributed by atoms with Gasteiger partial charge in [-0.25, -0.2) is 14.5 Å². The van der Waals surface area contributed by atoms with Gasteiger partial charge in [-0.05, 0) is 53.5 Å². The minimum absolute atomic E-state index is 0.0498. The van der Waals surface area contributed by atoms with E-state index in [1.165, 1.54) is 30.6 Å². The zero-order valence-corrected chi connectivity index (χ0v) is 28.7. The van der Waals surface area contributed by atoms with Crippen molar-refractivity contribution in [1.82, 2.24) is 35.3 Å². The highest BCUT2D eigenvalue weighted by Crippen LogP contribution is 2.43. The Labute approximate surface area is 292 Å². The van der Waals surface area contributed by atoms with Crippen molar-refractivity contribution in [1.29, 1.82) is 5.41 Å². The number of aromatic nitrogens is 4. The van der Waals surface area contributed by atoms with Gasteiger partial charge in [0.05, 0.1) is 24.4 Å². The van der Waals surface area contributed by atoms with Crippen molar-refractivity contribution in [2.45, 2.75) is 64.2 Å². The largest absolute Gasteiger partial charge is 0.481 e. The summed E-state index contributed by atoms with van der Waals surface area (Å²) in [4.78, 5) is 37.7. The fraction of sp³-hybridized carbons (Fsp3) is 0.371. The van der Waals surface area contributed by atoms with Crippen molar-refractivity contribution < 1.29 is 27.8 Å². The van der Waals surface area contributed by atoms with Crippen LogP contribution in [0.2, 0.25) is 5.02 Å². The smallest absolute Gasteiger partial charge is 0.407 e. The summed E-state index contributed by atoms with van der Waals surface area (Å²) in [6.45, 7) is 2.93. The number of amides is 2. The van der Waals surface area contributed by atoms with Gasteiger partial charge in [0.1, 0.15) is 12.1 Å². The molecule has 1 aliphatic carbocycles. The van der Waals surface area contributed by atoms with Crippen molar-refractivity contribution in [3.8, 4) is 28.4 Å². The van der Waals surface area contributed by atoms with E-state index in [9.17, 15) is 18.4 Å². The summed E-state index contributed by atoms with van der Waals surface area (Å²) in [7, 11) is 1.49. The lowest BCUT2D eigenvalue weighted by Crippen LogP contribution is -2.47. The summed E-state index contributed by atoms with van der Waals surface area (Å²) >= 11 is 6.62. The Morgan fingerprint density at radius 1 is 1.16 bits per heavy atom. The third-order valence-electron chi connectivity index (χ3n) is 8.50. The van der Waals surface area contributed by atoms with Gasteiger partial charge >= 0.3 is 12.6 Å². The van der Waals surface area contributed by atoms with E-state index in [-0.39, 0.29) is 24.4 Å². The quantitative estimate of drug-likeness (QED) is 0.156. The molecular weight excluding hydrogens is 670 g/mol. The second kappa shape index (κ2) is 13.7. The van der Waals surface area contributed by atoms with Crippen LogP contribution in [-0.2, 0) is 15.1 Å². The number of guanidine groups is 1. The van der Waals surface area contributed by atoms with Crippen LogP contribution in [0.4, 0.5) is 13.6 Å². The van der Waals surface area contributed by atoms with Crippen LogP contribution in [-0.4, -0.2) is 62.4 Å². The van der Waals surface area contributed by atoms with Crippen LogP contribution in [0.3, 0.4) is 0 Å². The molecule has 1 saturated carbocycles. The lowest BCUT2D eigenvalue weighted by molar-refractivity contribution is -0.134. The van der Waals surface area contributed by atoms with Gasteiger partial charge in [-0.2, -0.15) is 18.9 Å². The van der Waals surface area contributed by atoms with Gasteiger partial charge in [-0.3, -0.25) is 15.1 Å². The summed E-state index contributed by atoms with van der Waals surface area (Å²) < 4.78 is 37.9. The molecule has 0 bridgehead atoms. The minimum Gasteiger partial charge on any atom is -0.481 e. The van der Waals surface area contributed by atoms with Crippen molar-refractivity contribution in [2.24, 2.45) is 5.41 Å². The summed E-state index contributed by atoms with van der Waals surface area (Å²) in [5, 5.41) is 19.2. The number of hydrogen-bond acceptors (Lipinski definition) is 8. The predicted octanol–water partition coefficient (Wildman–Crippen LogP) is 6.69. The first-order valence-electron chi connectivity index (χ1n) is 16.0.